The Bertz CT molecular complexity index is 772. The number of methoxy groups -OCH3 is 1. The molecule has 2 aromatic heterocycles. The van der Waals surface area contributed by atoms with Crippen LogP contribution in [0.2, 0.25) is 5.02 Å². The number of anilines is 3. The topological polar surface area (TPSA) is 102 Å². The molecular weight excluding hydrogens is 280 g/mol. The highest BCUT2D eigenvalue weighted by atomic mass is 35.5. The highest BCUT2D eigenvalue weighted by molar-refractivity contribution is 6.32. The van der Waals surface area contributed by atoms with Gasteiger partial charge in [0, 0.05) is 11.8 Å². The molecule has 0 unspecified atom stereocenters. The van der Waals surface area contributed by atoms with Crippen molar-refractivity contribution >= 4 is 40.2 Å². The van der Waals surface area contributed by atoms with Gasteiger partial charge < -0.3 is 20.8 Å². The monoisotopic (exact) mass is 290 g/mol. The zero-order valence-corrected chi connectivity index (χ0v) is 11.3. The molecule has 0 saturated carbocycles. The maximum Gasteiger partial charge on any atom is 0.224 e. The summed E-state index contributed by atoms with van der Waals surface area (Å²) >= 11 is 5.99. The van der Waals surface area contributed by atoms with Crippen LogP contribution < -0.4 is 15.8 Å². The Morgan fingerprint density at radius 3 is 3.00 bits per heavy atom. The van der Waals surface area contributed by atoms with E-state index in [1.807, 2.05) is 6.07 Å². The summed E-state index contributed by atoms with van der Waals surface area (Å²) in [7, 11) is 1.56. The standard InChI is InChI=1S/C12H11ClN6O/c1-20-8-4-6(2-3-7(8)13)17-11-9-10(16-5-15-9)18-12(14)19-11/h2-5H,1H3,(H4,14,15,16,17,18,19). The average Bonchev–Trinajstić information content (AvgIpc) is 2.89. The molecule has 8 heteroatoms. The Morgan fingerprint density at radius 1 is 1.35 bits per heavy atom. The van der Waals surface area contributed by atoms with Crippen LogP contribution in [0.4, 0.5) is 17.5 Å². The van der Waals surface area contributed by atoms with Crippen molar-refractivity contribution in [2.45, 2.75) is 0 Å². The van der Waals surface area contributed by atoms with E-state index in [1.165, 1.54) is 6.33 Å². The first-order chi connectivity index (χ1) is 9.67. The van der Waals surface area contributed by atoms with Gasteiger partial charge in [-0.3, -0.25) is 0 Å². The fourth-order valence-corrected chi connectivity index (χ4v) is 2.01. The summed E-state index contributed by atoms with van der Waals surface area (Å²) in [4.78, 5) is 15.2. The molecule has 3 aromatic rings. The van der Waals surface area contributed by atoms with Crippen molar-refractivity contribution in [3.05, 3.63) is 29.5 Å². The summed E-state index contributed by atoms with van der Waals surface area (Å²) in [5.74, 6) is 1.25. The van der Waals surface area contributed by atoms with Gasteiger partial charge in [-0.25, -0.2) is 4.98 Å². The third-order valence-electron chi connectivity index (χ3n) is 2.72. The molecule has 0 fully saturated rings. The van der Waals surface area contributed by atoms with E-state index >= 15 is 0 Å². The van der Waals surface area contributed by atoms with E-state index in [-0.39, 0.29) is 5.95 Å². The van der Waals surface area contributed by atoms with Gasteiger partial charge in [0.1, 0.15) is 11.3 Å². The highest BCUT2D eigenvalue weighted by Crippen LogP contribution is 2.29. The minimum Gasteiger partial charge on any atom is -0.495 e. The Balaban J connectivity index is 2.02. The Hall–Kier alpha value is -2.54. The van der Waals surface area contributed by atoms with Crippen LogP contribution in [0.3, 0.4) is 0 Å². The van der Waals surface area contributed by atoms with Crippen molar-refractivity contribution in [1.29, 1.82) is 0 Å². The van der Waals surface area contributed by atoms with E-state index in [0.29, 0.717) is 27.8 Å². The molecule has 3 rings (SSSR count). The summed E-state index contributed by atoms with van der Waals surface area (Å²) in [5, 5.41) is 3.67. The summed E-state index contributed by atoms with van der Waals surface area (Å²) in [6.45, 7) is 0. The van der Waals surface area contributed by atoms with E-state index < -0.39 is 0 Å². The molecule has 0 atom stereocenters. The van der Waals surface area contributed by atoms with Gasteiger partial charge in [0.15, 0.2) is 11.5 Å². The number of nitrogens with one attached hydrogen (secondary N) is 2. The molecule has 7 nitrogen and oxygen atoms in total. The average molecular weight is 291 g/mol. The number of fused-ring (bicyclic) bond motifs is 1. The lowest BCUT2D eigenvalue weighted by Crippen LogP contribution is -2.01. The van der Waals surface area contributed by atoms with E-state index in [2.05, 4.69) is 25.3 Å². The van der Waals surface area contributed by atoms with Crippen LogP contribution in [-0.4, -0.2) is 27.0 Å². The van der Waals surface area contributed by atoms with E-state index in [1.54, 1.807) is 19.2 Å². The maximum atomic E-state index is 5.99. The van der Waals surface area contributed by atoms with Gasteiger partial charge in [-0.15, -0.1) is 0 Å². The largest absolute Gasteiger partial charge is 0.495 e. The van der Waals surface area contributed by atoms with Crippen LogP contribution in [0, 0.1) is 0 Å². The van der Waals surface area contributed by atoms with Crippen LogP contribution in [0.15, 0.2) is 24.5 Å². The Labute approximate surface area is 119 Å². The zero-order chi connectivity index (χ0) is 14.1. The number of rotatable bonds is 3. The van der Waals surface area contributed by atoms with Gasteiger partial charge in [-0.05, 0) is 12.1 Å². The second kappa shape index (κ2) is 4.86. The van der Waals surface area contributed by atoms with Crippen LogP contribution in [0.25, 0.3) is 11.2 Å². The predicted molar refractivity (Wildman–Crippen MR) is 77.4 cm³/mol. The van der Waals surface area contributed by atoms with E-state index in [0.717, 1.165) is 5.69 Å². The van der Waals surface area contributed by atoms with Crippen molar-refractivity contribution < 1.29 is 4.74 Å². The fraction of sp³-hybridized carbons (Fsp3) is 0.0833. The van der Waals surface area contributed by atoms with Crippen LogP contribution in [-0.2, 0) is 0 Å². The number of aromatic nitrogens is 4. The first-order valence-corrected chi connectivity index (χ1v) is 6.12. The van der Waals surface area contributed by atoms with Gasteiger partial charge in [0.05, 0.1) is 18.5 Å². The molecule has 0 bridgehead atoms. The summed E-state index contributed by atoms with van der Waals surface area (Å²) in [6.07, 6.45) is 1.53. The van der Waals surface area contributed by atoms with Crippen molar-refractivity contribution in [3.63, 3.8) is 0 Å². The smallest absolute Gasteiger partial charge is 0.224 e. The first kappa shape index (κ1) is 12.5. The number of nitrogen functional groups attached to an aromatic ring is 1. The third kappa shape index (κ3) is 2.19. The quantitative estimate of drug-likeness (QED) is 0.684. The molecule has 0 amide bonds. The molecule has 0 spiro atoms. The van der Waals surface area contributed by atoms with E-state index in [9.17, 15) is 0 Å². The first-order valence-electron chi connectivity index (χ1n) is 5.74. The number of ether oxygens (including phenoxy) is 1. The predicted octanol–water partition coefficient (Wildman–Crippen LogP) is 2.34. The van der Waals surface area contributed by atoms with Crippen LogP contribution in [0.1, 0.15) is 0 Å². The number of nitrogens with two attached hydrogens (primary N) is 1. The van der Waals surface area contributed by atoms with Crippen LogP contribution in [0.5, 0.6) is 5.75 Å². The van der Waals surface area contributed by atoms with Crippen molar-refractivity contribution in [3.8, 4) is 5.75 Å². The highest BCUT2D eigenvalue weighted by Gasteiger charge is 2.09. The van der Waals surface area contributed by atoms with Gasteiger partial charge in [-0.2, -0.15) is 9.97 Å². The second-order valence-corrected chi connectivity index (χ2v) is 4.41. The molecule has 102 valence electrons. The Morgan fingerprint density at radius 2 is 2.20 bits per heavy atom. The maximum absolute atomic E-state index is 5.99. The van der Waals surface area contributed by atoms with Crippen molar-refractivity contribution in [2.75, 3.05) is 18.2 Å². The molecule has 0 aliphatic carbocycles. The third-order valence-corrected chi connectivity index (χ3v) is 3.03. The molecule has 0 aliphatic heterocycles. The number of nitrogens with zero attached hydrogens (tertiary/aromatic N) is 3. The Kier molecular flexibility index (Phi) is 3.03. The van der Waals surface area contributed by atoms with Gasteiger partial charge in [0.2, 0.25) is 5.95 Å². The van der Waals surface area contributed by atoms with Gasteiger partial charge in [-0.1, -0.05) is 11.6 Å². The molecule has 4 N–H and O–H groups in total. The number of imidazole rings is 1. The van der Waals surface area contributed by atoms with E-state index in [4.69, 9.17) is 22.1 Å². The number of hydrogen-bond acceptors (Lipinski definition) is 6. The molecule has 2 heterocycles. The fourth-order valence-electron chi connectivity index (χ4n) is 1.81. The molecule has 0 radical (unpaired) electrons. The number of hydrogen-bond donors (Lipinski definition) is 3. The van der Waals surface area contributed by atoms with Crippen molar-refractivity contribution in [2.24, 2.45) is 0 Å². The summed E-state index contributed by atoms with van der Waals surface area (Å²) < 4.78 is 5.17. The molecular formula is C12H11ClN6O. The minimum atomic E-state index is 0.146. The van der Waals surface area contributed by atoms with Gasteiger partial charge >= 0.3 is 0 Å². The zero-order valence-electron chi connectivity index (χ0n) is 10.5. The lowest BCUT2D eigenvalue weighted by atomic mass is 10.3. The molecule has 0 aliphatic rings. The number of H-pyrrole nitrogens is 1. The molecule has 0 saturated heterocycles. The number of benzene rings is 1. The molecule has 1 aromatic carbocycles. The SMILES string of the molecule is COc1cc(Nc2nc(N)nc3nc[nH]c23)ccc1Cl. The lowest BCUT2D eigenvalue weighted by Gasteiger charge is -2.09. The molecule has 20 heavy (non-hydrogen) atoms. The lowest BCUT2D eigenvalue weighted by molar-refractivity contribution is 0.415. The van der Waals surface area contributed by atoms with Gasteiger partial charge in [0.25, 0.3) is 0 Å². The van der Waals surface area contributed by atoms with Crippen molar-refractivity contribution in [1.82, 2.24) is 19.9 Å². The second-order valence-electron chi connectivity index (χ2n) is 4.01. The number of halogens is 1. The summed E-state index contributed by atoms with van der Waals surface area (Å²) in [5.41, 5.74) is 7.59. The minimum absolute atomic E-state index is 0.146. The van der Waals surface area contributed by atoms with Crippen LogP contribution >= 0.6 is 11.6 Å². The summed E-state index contributed by atoms with van der Waals surface area (Å²) in [6, 6.07) is 5.31. The normalized spacial score (nSPS) is 10.7. The number of aromatic amines is 1.